The summed E-state index contributed by atoms with van der Waals surface area (Å²) in [5.74, 6) is -0.473. The molecule has 1 aromatic rings. The highest BCUT2D eigenvalue weighted by Crippen LogP contribution is 2.31. The van der Waals surface area contributed by atoms with Crippen molar-refractivity contribution in [2.75, 3.05) is 13.1 Å². The molecule has 2 rings (SSSR count). The second kappa shape index (κ2) is 7.88. The summed E-state index contributed by atoms with van der Waals surface area (Å²) in [7, 11) is 0. The Morgan fingerprint density at radius 1 is 1.36 bits per heavy atom. The van der Waals surface area contributed by atoms with Crippen LogP contribution in [0.4, 0.5) is 0 Å². The van der Waals surface area contributed by atoms with Crippen LogP contribution in [0.1, 0.15) is 26.2 Å². The number of hydrogen-bond acceptors (Lipinski definition) is 3. The Bertz CT molecular complexity index is 544. The van der Waals surface area contributed by atoms with Crippen molar-refractivity contribution < 1.29 is 14.7 Å². The minimum Gasteiger partial charge on any atom is -0.481 e. The molecule has 0 bridgehead atoms. The molecule has 1 aromatic carbocycles. The maximum absolute atomic E-state index is 12.5. The van der Waals surface area contributed by atoms with Crippen LogP contribution >= 0.6 is 23.4 Å². The molecule has 0 radical (unpaired) electrons. The van der Waals surface area contributed by atoms with Gasteiger partial charge in [0, 0.05) is 24.4 Å². The summed E-state index contributed by atoms with van der Waals surface area (Å²) in [4.78, 5) is 26.0. The minimum absolute atomic E-state index is 0.0960. The number of carbonyl (C=O) groups is 2. The van der Waals surface area contributed by atoms with E-state index >= 15 is 0 Å². The molecule has 0 spiro atoms. The molecular formula is C16H20ClNO3S. The first-order chi connectivity index (χ1) is 10.5. The number of carbonyl (C=O) groups excluding carboxylic acids is 1. The van der Waals surface area contributed by atoms with E-state index in [-0.39, 0.29) is 23.5 Å². The van der Waals surface area contributed by atoms with Crippen molar-refractivity contribution in [1.82, 2.24) is 4.90 Å². The van der Waals surface area contributed by atoms with Crippen LogP contribution in [0.15, 0.2) is 29.2 Å². The van der Waals surface area contributed by atoms with Gasteiger partial charge >= 0.3 is 5.97 Å². The molecule has 1 heterocycles. The Morgan fingerprint density at radius 2 is 2.00 bits per heavy atom. The normalized spacial score (nSPS) is 17.3. The lowest BCUT2D eigenvalue weighted by molar-refractivity contribution is -0.138. The molecule has 1 fully saturated rings. The second-order valence-electron chi connectivity index (χ2n) is 5.56. The highest BCUT2D eigenvalue weighted by Gasteiger charge is 2.27. The quantitative estimate of drug-likeness (QED) is 0.832. The van der Waals surface area contributed by atoms with Crippen LogP contribution in [-0.2, 0) is 9.59 Å². The van der Waals surface area contributed by atoms with Gasteiger partial charge in [-0.1, -0.05) is 23.7 Å². The lowest BCUT2D eigenvalue weighted by Gasteiger charge is -2.33. The molecule has 1 saturated heterocycles. The van der Waals surface area contributed by atoms with E-state index in [1.165, 1.54) is 11.8 Å². The standard InChI is InChI=1S/C16H20ClNO3S/c1-11(22-14-5-3-2-4-13(14)17)16(21)18-8-6-12(7-9-18)10-15(19)20/h2-5,11-12H,6-10H2,1H3,(H,19,20). The van der Waals surface area contributed by atoms with Crippen LogP contribution in [0.25, 0.3) is 0 Å². The van der Waals surface area contributed by atoms with Crippen LogP contribution in [0.5, 0.6) is 0 Å². The molecule has 1 aliphatic heterocycles. The summed E-state index contributed by atoms with van der Waals surface area (Å²) in [5.41, 5.74) is 0. The van der Waals surface area contributed by atoms with E-state index in [1.54, 1.807) is 0 Å². The van der Waals surface area contributed by atoms with Crippen molar-refractivity contribution >= 4 is 35.2 Å². The van der Waals surface area contributed by atoms with Crippen LogP contribution in [0.2, 0.25) is 5.02 Å². The zero-order valence-corrected chi connectivity index (χ0v) is 14.1. The Balaban J connectivity index is 1.87. The molecule has 0 saturated carbocycles. The molecule has 1 aliphatic rings. The third-order valence-corrected chi connectivity index (χ3v) is 5.48. The van der Waals surface area contributed by atoms with Gasteiger partial charge in [-0.25, -0.2) is 0 Å². The molecular weight excluding hydrogens is 322 g/mol. The number of aliphatic carboxylic acids is 1. The Morgan fingerprint density at radius 3 is 2.59 bits per heavy atom. The topological polar surface area (TPSA) is 57.6 Å². The van der Waals surface area contributed by atoms with E-state index in [1.807, 2.05) is 36.1 Å². The number of carboxylic acid groups (broad SMARTS) is 1. The van der Waals surface area contributed by atoms with Crippen molar-refractivity contribution in [1.29, 1.82) is 0 Å². The third kappa shape index (κ3) is 4.65. The fourth-order valence-corrected chi connectivity index (χ4v) is 3.88. The van der Waals surface area contributed by atoms with Crippen LogP contribution in [0, 0.1) is 5.92 Å². The molecule has 1 atom stereocenters. The maximum Gasteiger partial charge on any atom is 0.303 e. The van der Waals surface area contributed by atoms with Crippen molar-refractivity contribution in [2.24, 2.45) is 5.92 Å². The van der Waals surface area contributed by atoms with Gasteiger partial charge in [0.2, 0.25) is 5.91 Å². The molecule has 6 heteroatoms. The monoisotopic (exact) mass is 341 g/mol. The van der Waals surface area contributed by atoms with E-state index in [9.17, 15) is 9.59 Å². The first-order valence-corrected chi connectivity index (χ1v) is 8.65. The van der Waals surface area contributed by atoms with E-state index in [2.05, 4.69) is 0 Å². The van der Waals surface area contributed by atoms with Gasteiger partial charge in [-0.3, -0.25) is 9.59 Å². The molecule has 1 unspecified atom stereocenters. The van der Waals surface area contributed by atoms with Crippen LogP contribution < -0.4 is 0 Å². The number of thioether (sulfide) groups is 1. The zero-order valence-electron chi connectivity index (χ0n) is 12.5. The Hall–Kier alpha value is -1.20. The largest absolute Gasteiger partial charge is 0.481 e. The van der Waals surface area contributed by atoms with Crippen molar-refractivity contribution in [3.63, 3.8) is 0 Å². The minimum atomic E-state index is -0.757. The predicted molar refractivity (Wildman–Crippen MR) is 88.3 cm³/mol. The first kappa shape index (κ1) is 17.2. The zero-order chi connectivity index (χ0) is 16.1. The number of hydrogen-bond donors (Lipinski definition) is 1. The molecule has 0 aromatic heterocycles. The van der Waals surface area contributed by atoms with E-state index in [0.29, 0.717) is 18.1 Å². The third-order valence-electron chi connectivity index (χ3n) is 3.88. The van der Waals surface area contributed by atoms with Gasteiger partial charge in [-0.05, 0) is 37.8 Å². The SMILES string of the molecule is CC(Sc1ccccc1Cl)C(=O)N1CCC(CC(=O)O)CC1. The fraction of sp³-hybridized carbons (Fsp3) is 0.500. The summed E-state index contributed by atoms with van der Waals surface area (Å²) in [6.07, 6.45) is 1.73. The Labute approximate surface area is 139 Å². The number of carboxylic acids is 1. The van der Waals surface area contributed by atoms with Gasteiger partial charge in [0.05, 0.1) is 10.3 Å². The van der Waals surface area contributed by atoms with Gasteiger partial charge < -0.3 is 10.0 Å². The molecule has 22 heavy (non-hydrogen) atoms. The van der Waals surface area contributed by atoms with Crippen LogP contribution in [-0.4, -0.2) is 40.2 Å². The smallest absolute Gasteiger partial charge is 0.303 e. The number of amides is 1. The summed E-state index contributed by atoms with van der Waals surface area (Å²) >= 11 is 7.59. The number of nitrogens with zero attached hydrogens (tertiary/aromatic N) is 1. The average Bonchev–Trinajstić information content (AvgIpc) is 2.49. The highest BCUT2D eigenvalue weighted by molar-refractivity contribution is 8.00. The van der Waals surface area contributed by atoms with Gasteiger partial charge in [0.1, 0.15) is 0 Å². The van der Waals surface area contributed by atoms with E-state index in [0.717, 1.165) is 17.7 Å². The van der Waals surface area contributed by atoms with Crippen LogP contribution in [0.3, 0.4) is 0 Å². The molecule has 120 valence electrons. The molecule has 0 aliphatic carbocycles. The summed E-state index contributed by atoms with van der Waals surface area (Å²) in [5, 5.41) is 9.28. The maximum atomic E-state index is 12.5. The molecule has 1 N–H and O–H groups in total. The number of benzene rings is 1. The fourth-order valence-electron chi connectivity index (χ4n) is 2.64. The average molecular weight is 342 g/mol. The molecule has 1 amide bonds. The van der Waals surface area contributed by atoms with E-state index in [4.69, 9.17) is 16.7 Å². The summed E-state index contributed by atoms with van der Waals surface area (Å²) in [6, 6.07) is 7.50. The van der Waals surface area contributed by atoms with Crippen molar-refractivity contribution in [3.8, 4) is 0 Å². The number of likely N-dealkylation sites (tertiary alicyclic amines) is 1. The summed E-state index contributed by atoms with van der Waals surface area (Å²) in [6.45, 7) is 3.17. The summed E-state index contributed by atoms with van der Waals surface area (Å²) < 4.78 is 0. The first-order valence-electron chi connectivity index (χ1n) is 7.39. The van der Waals surface area contributed by atoms with Gasteiger partial charge in [-0.2, -0.15) is 0 Å². The molecule has 4 nitrogen and oxygen atoms in total. The van der Waals surface area contributed by atoms with E-state index < -0.39 is 5.97 Å². The van der Waals surface area contributed by atoms with Crippen molar-refractivity contribution in [3.05, 3.63) is 29.3 Å². The number of piperidine rings is 1. The van der Waals surface area contributed by atoms with Gasteiger partial charge in [0.15, 0.2) is 0 Å². The van der Waals surface area contributed by atoms with Crippen molar-refractivity contribution in [2.45, 2.75) is 36.3 Å². The number of rotatable bonds is 5. The predicted octanol–water partition coefficient (Wildman–Crippen LogP) is 3.53. The lowest BCUT2D eigenvalue weighted by atomic mass is 9.93. The number of halogens is 1. The highest BCUT2D eigenvalue weighted by atomic mass is 35.5. The lowest BCUT2D eigenvalue weighted by Crippen LogP contribution is -2.42. The van der Waals surface area contributed by atoms with Gasteiger partial charge in [0.25, 0.3) is 0 Å². The Kier molecular flexibility index (Phi) is 6.15. The second-order valence-corrected chi connectivity index (χ2v) is 7.35. The van der Waals surface area contributed by atoms with Gasteiger partial charge in [-0.15, -0.1) is 11.8 Å².